The van der Waals surface area contributed by atoms with Crippen LogP contribution in [0, 0.1) is 0 Å². The highest BCUT2D eigenvalue weighted by Gasteiger charge is 2.46. The number of benzene rings is 2. The fourth-order valence-electron chi connectivity index (χ4n) is 3.84. The van der Waals surface area contributed by atoms with Crippen LogP contribution in [-0.2, 0) is 9.59 Å². The van der Waals surface area contributed by atoms with Crippen LogP contribution < -0.4 is 4.74 Å². The smallest absolute Gasteiger partial charge is 0.295 e. The van der Waals surface area contributed by atoms with E-state index < -0.39 is 17.7 Å². The third-order valence-electron chi connectivity index (χ3n) is 5.64. The number of rotatable bonds is 10. The summed E-state index contributed by atoms with van der Waals surface area (Å²) in [6, 6.07) is 13.2. The number of unbranched alkanes of at least 4 members (excludes halogenated alkanes) is 2. The van der Waals surface area contributed by atoms with Gasteiger partial charge < -0.3 is 19.6 Å². The number of aliphatic hydroxyl groups excluding tert-OH is 1. The summed E-state index contributed by atoms with van der Waals surface area (Å²) in [6.07, 6.45) is 3.15. The van der Waals surface area contributed by atoms with E-state index in [0.717, 1.165) is 24.8 Å². The lowest BCUT2D eigenvalue weighted by molar-refractivity contribution is -0.140. The van der Waals surface area contributed by atoms with Crippen LogP contribution in [0.1, 0.15) is 43.4 Å². The van der Waals surface area contributed by atoms with Gasteiger partial charge in [0.2, 0.25) is 0 Å². The lowest BCUT2D eigenvalue weighted by Gasteiger charge is -2.27. The molecule has 176 valence electrons. The molecule has 1 N–H and O–H groups in total. The summed E-state index contributed by atoms with van der Waals surface area (Å²) in [7, 11) is 3.81. The minimum Gasteiger partial charge on any atom is -0.507 e. The Hall–Kier alpha value is -2.83. The quantitative estimate of drug-likeness (QED) is 0.231. The van der Waals surface area contributed by atoms with Gasteiger partial charge in [-0.1, -0.05) is 43.5 Å². The minimum absolute atomic E-state index is 0.0733. The first kappa shape index (κ1) is 24.8. The molecule has 0 spiro atoms. The number of likely N-dealkylation sites (N-methyl/N-ethyl adjacent to an activating group) is 1. The molecule has 6 nitrogen and oxygen atoms in total. The maximum Gasteiger partial charge on any atom is 0.295 e. The number of amides is 1. The van der Waals surface area contributed by atoms with Crippen molar-refractivity contribution < 1.29 is 19.4 Å². The van der Waals surface area contributed by atoms with Crippen molar-refractivity contribution in [2.24, 2.45) is 0 Å². The standard InChI is InChI=1S/C26H31ClN2O4/c1-4-5-6-16-33-21-9-7-8-19(17-21)23-22(24(30)18-10-12-20(27)13-11-18)25(31)26(32)29(23)15-14-28(2)3/h7-13,17,23,30H,4-6,14-16H2,1-3H3/b24-22+. The van der Waals surface area contributed by atoms with Crippen LogP contribution in [0.3, 0.4) is 0 Å². The van der Waals surface area contributed by atoms with E-state index in [1.807, 2.05) is 43.3 Å². The Labute approximate surface area is 200 Å². The van der Waals surface area contributed by atoms with Gasteiger partial charge in [-0.25, -0.2) is 0 Å². The highest BCUT2D eigenvalue weighted by Crippen LogP contribution is 2.40. The zero-order valence-corrected chi connectivity index (χ0v) is 20.1. The minimum atomic E-state index is -0.709. The molecule has 1 aliphatic rings. The highest BCUT2D eigenvalue weighted by atomic mass is 35.5. The molecule has 1 amide bonds. The van der Waals surface area contributed by atoms with Crippen LogP contribution in [0.4, 0.5) is 0 Å². The molecular formula is C26H31ClN2O4. The molecule has 33 heavy (non-hydrogen) atoms. The Bertz CT molecular complexity index is 1020. The average Bonchev–Trinajstić information content (AvgIpc) is 3.05. The Kier molecular flexibility index (Phi) is 8.53. The summed E-state index contributed by atoms with van der Waals surface area (Å²) < 4.78 is 5.90. The number of carbonyl (C=O) groups excluding carboxylic acids is 2. The number of likely N-dealkylation sites (tertiary alicyclic amines) is 1. The predicted molar refractivity (Wildman–Crippen MR) is 130 cm³/mol. The van der Waals surface area contributed by atoms with E-state index in [4.69, 9.17) is 16.3 Å². The molecule has 1 heterocycles. The zero-order valence-electron chi connectivity index (χ0n) is 19.4. The second-order valence-electron chi connectivity index (χ2n) is 8.43. The first-order valence-electron chi connectivity index (χ1n) is 11.2. The van der Waals surface area contributed by atoms with Gasteiger partial charge in [-0.3, -0.25) is 9.59 Å². The summed E-state index contributed by atoms with van der Waals surface area (Å²) in [6.45, 7) is 3.67. The van der Waals surface area contributed by atoms with Gasteiger partial charge in [-0.2, -0.15) is 0 Å². The number of nitrogens with zero attached hydrogens (tertiary/aromatic N) is 2. The van der Waals surface area contributed by atoms with Crippen molar-refractivity contribution in [2.75, 3.05) is 33.8 Å². The van der Waals surface area contributed by atoms with Gasteiger partial charge in [0.15, 0.2) is 0 Å². The third kappa shape index (κ3) is 5.95. The van der Waals surface area contributed by atoms with E-state index in [-0.39, 0.29) is 11.3 Å². The topological polar surface area (TPSA) is 70.1 Å². The van der Waals surface area contributed by atoms with Crippen LogP contribution in [0.5, 0.6) is 5.75 Å². The van der Waals surface area contributed by atoms with Crippen molar-refractivity contribution in [1.82, 2.24) is 9.80 Å². The molecule has 0 bridgehead atoms. The van der Waals surface area contributed by atoms with Crippen molar-refractivity contribution in [3.63, 3.8) is 0 Å². The fourth-order valence-corrected chi connectivity index (χ4v) is 3.97. The van der Waals surface area contributed by atoms with Crippen LogP contribution >= 0.6 is 11.6 Å². The number of carbonyl (C=O) groups is 2. The van der Waals surface area contributed by atoms with Gasteiger partial charge in [0.25, 0.3) is 11.7 Å². The molecule has 1 atom stereocenters. The molecule has 3 rings (SSSR count). The molecule has 1 unspecified atom stereocenters. The molecule has 7 heteroatoms. The summed E-state index contributed by atoms with van der Waals surface area (Å²) in [5, 5.41) is 11.6. The Morgan fingerprint density at radius 1 is 1.12 bits per heavy atom. The number of ether oxygens (including phenoxy) is 1. The molecule has 2 aromatic carbocycles. The van der Waals surface area contributed by atoms with E-state index >= 15 is 0 Å². The molecular weight excluding hydrogens is 440 g/mol. The maximum atomic E-state index is 13.1. The van der Waals surface area contributed by atoms with Gasteiger partial charge in [-0.05, 0) is 62.5 Å². The van der Waals surface area contributed by atoms with Crippen LogP contribution in [0.25, 0.3) is 5.76 Å². The zero-order chi connectivity index (χ0) is 24.0. The second-order valence-corrected chi connectivity index (χ2v) is 8.87. The Morgan fingerprint density at radius 3 is 2.52 bits per heavy atom. The molecule has 0 aromatic heterocycles. The highest BCUT2D eigenvalue weighted by molar-refractivity contribution is 6.46. The second kappa shape index (κ2) is 11.3. The van der Waals surface area contributed by atoms with Crippen molar-refractivity contribution in [1.29, 1.82) is 0 Å². The van der Waals surface area contributed by atoms with E-state index in [1.54, 1.807) is 24.3 Å². The summed E-state index contributed by atoms with van der Waals surface area (Å²) in [4.78, 5) is 29.5. The van der Waals surface area contributed by atoms with Crippen LogP contribution in [-0.4, -0.2) is 60.4 Å². The van der Waals surface area contributed by atoms with Crippen molar-refractivity contribution in [3.8, 4) is 5.75 Å². The fraction of sp³-hybridized carbons (Fsp3) is 0.385. The number of hydrogen-bond acceptors (Lipinski definition) is 5. The number of halogens is 1. The van der Waals surface area contributed by atoms with Crippen LogP contribution in [0.15, 0.2) is 54.1 Å². The predicted octanol–water partition coefficient (Wildman–Crippen LogP) is 4.89. The third-order valence-corrected chi connectivity index (χ3v) is 5.89. The molecule has 0 radical (unpaired) electrons. The van der Waals surface area contributed by atoms with Gasteiger partial charge in [0.05, 0.1) is 18.2 Å². The van der Waals surface area contributed by atoms with Crippen molar-refractivity contribution >= 4 is 29.1 Å². The molecule has 0 aliphatic carbocycles. The summed E-state index contributed by atoms with van der Waals surface area (Å²) in [5.41, 5.74) is 1.22. The molecule has 2 aromatic rings. The van der Waals surface area contributed by atoms with Crippen LogP contribution in [0.2, 0.25) is 5.02 Å². The lowest BCUT2D eigenvalue weighted by atomic mass is 9.95. The number of hydrogen-bond donors (Lipinski definition) is 1. The van der Waals surface area contributed by atoms with Gasteiger partial charge >= 0.3 is 0 Å². The molecule has 1 saturated heterocycles. The van der Waals surface area contributed by atoms with E-state index in [0.29, 0.717) is 36.0 Å². The number of aliphatic hydroxyl groups is 1. The van der Waals surface area contributed by atoms with E-state index in [2.05, 4.69) is 6.92 Å². The summed E-state index contributed by atoms with van der Waals surface area (Å²) >= 11 is 5.98. The monoisotopic (exact) mass is 470 g/mol. The largest absolute Gasteiger partial charge is 0.507 e. The number of ketones is 1. The van der Waals surface area contributed by atoms with Gasteiger partial charge in [0.1, 0.15) is 11.5 Å². The normalized spacial score (nSPS) is 17.7. The SMILES string of the molecule is CCCCCOc1cccc(C2/C(=C(\O)c3ccc(Cl)cc3)C(=O)C(=O)N2CCN(C)C)c1. The average molecular weight is 471 g/mol. The first-order valence-corrected chi connectivity index (χ1v) is 11.6. The van der Waals surface area contributed by atoms with Gasteiger partial charge in [-0.15, -0.1) is 0 Å². The van der Waals surface area contributed by atoms with E-state index in [1.165, 1.54) is 4.90 Å². The molecule has 1 aliphatic heterocycles. The number of Topliss-reactive ketones (excluding diaryl/α,β-unsaturated/α-hetero) is 1. The Balaban J connectivity index is 2.03. The first-order chi connectivity index (χ1) is 15.8. The van der Waals surface area contributed by atoms with Gasteiger partial charge in [0, 0.05) is 23.7 Å². The van der Waals surface area contributed by atoms with Crippen molar-refractivity contribution in [2.45, 2.75) is 32.2 Å². The molecule has 1 fully saturated rings. The lowest BCUT2D eigenvalue weighted by Crippen LogP contribution is -2.35. The summed E-state index contributed by atoms with van der Waals surface area (Å²) in [5.74, 6) is -0.850. The van der Waals surface area contributed by atoms with Crippen molar-refractivity contribution in [3.05, 3.63) is 70.3 Å². The van der Waals surface area contributed by atoms with E-state index in [9.17, 15) is 14.7 Å². The maximum absolute atomic E-state index is 13.1. The molecule has 0 saturated carbocycles. The Morgan fingerprint density at radius 2 is 1.85 bits per heavy atom.